The molecule has 0 radical (unpaired) electrons. The number of benzene rings is 3. The number of carbonyl (C=O) groups is 2. The van der Waals surface area contributed by atoms with Crippen LogP contribution in [-0.4, -0.2) is 43.8 Å². The topological polar surface area (TPSA) is 86.8 Å². The molecule has 0 aliphatic heterocycles. The zero-order valence-corrected chi connectivity index (χ0v) is 24.9. The normalized spacial score (nSPS) is 12.9. The van der Waals surface area contributed by atoms with Gasteiger partial charge in [-0.25, -0.2) is 8.42 Å². The first-order valence-electron chi connectivity index (χ1n) is 12.3. The van der Waals surface area contributed by atoms with E-state index in [1.807, 2.05) is 13.8 Å². The molecule has 39 heavy (non-hydrogen) atoms. The van der Waals surface area contributed by atoms with E-state index in [4.69, 9.17) is 34.8 Å². The number of nitrogens with zero attached hydrogens (tertiary/aromatic N) is 2. The Bertz CT molecular complexity index is 1420. The molecule has 0 bridgehead atoms. The standard InChI is InChI=1S/C28H30Cl3N3O4S/c1-4-19(2)32-28(36)20(3)33(17-21-11-8-9-14-23(21)29)26(35)18-34(25-16-10-15-24(30)27(25)31)39(37,38)22-12-6-5-7-13-22/h5-16,19-20H,4,17-18H2,1-3H3,(H,32,36)/t19-,20-/m1/s1. The van der Waals surface area contributed by atoms with Crippen LogP contribution in [-0.2, 0) is 26.2 Å². The van der Waals surface area contributed by atoms with Crippen molar-refractivity contribution >= 4 is 62.3 Å². The average molecular weight is 611 g/mol. The van der Waals surface area contributed by atoms with Crippen LogP contribution in [0.15, 0.2) is 77.7 Å². The Labute approximate surface area is 244 Å². The first-order valence-corrected chi connectivity index (χ1v) is 14.9. The highest BCUT2D eigenvalue weighted by Gasteiger charge is 2.34. The number of sulfonamides is 1. The fraction of sp³-hybridized carbons (Fsp3) is 0.286. The highest BCUT2D eigenvalue weighted by molar-refractivity contribution is 7.92. The van der Waals surface area contributed by atoms with Crippen molar-refractivity contribution in [3.63, 3.8) is 0 Å². The minimum absolute atomic E-state index is 0.0178. The zero-order valence-electron chi connectivity index (χ0n) is 21.8. The predicted molar refractivity (Wildman–Crippen MR) is 157 cm³/mol. The van der Waals surface area contributed by atoms with Crippen molar-refractivity contribution in [3.05, 3.63) is 93.4 Å². The van der Waals surface area contributed by atoms with Crippen LogP contribution in [0.1, 0.15) is 32.8 Å². The molecular weight excluding hydrogens is 581 g/mol. The summed E-state index contributed by atoms with van der Waals surface area (Å²) >= 11 is 19.0. The van der Waals surface area contributed by atoms with E-state index in [0.717, 1.165) is 4.31 Å². The lowest BCUT2D eigenvalue weighted by Gasteiger charge is -2.33. The van der Waals surface area contributed by atoms with Crippen molar-refractivity contribution < 1.29 is 18.0 Å². The Morgan fingerprint density at radius 1 is 0.872 bits per heavy atom. The van der Waals surface area contributed by atoms with Gasteiger partial charge in [0.25, 0.3) is 10.0 Å². The van der Waals surface area contributed by atoms with Crippen molar-refractivity contribution in [1.82, 2.24) is 10.2 Å². The van der Waals surface area contributed by atoms with Gasteiger partial charge in [0.1, 0.15) is 12.6 Å². The van der Waals surface area contributed by atoms with E-state index in [9.17, 15) is 18.0 Å². The summed E-state index contributed by atoms with van der Waals surface area (Å²) in [6.45, 7) is 4.73. The number of anilines is 1. The lowest BCUT2D eigenvalue weighted by molar-refractivity contribution is -0.139. The first kappa shape index (κ1) is 30.8. The van der Waals surface area contributed by atoms with Gasteiger partial charge in [0.15, 0.2) is 0 Å². The van der Waals surface area contributed by atoms with Gasteiger partial charge in [-0.2, -0.15) is 0 Å². The Hall–Kier alpha value is -2.78. The van der Waals surface area contributed by atoms with E-state index in [2.05, 4.69) is 5.32 Å². The molecule has 0 unspecified atom stereocenters. The zero-order chi connectivity index (χ0) is 28.7. The highest BCUT2D eigenvalue weighted by Crippen LogP contribution is 2.35. The molecular formula is C28H30Cl3N3O4S. The third kappa shape index (κ3) is 7.45. The van der Waals surface area contributed by atoms with E-state index >= 15 is 0 Å². The van der Waals surface area contributed by atoms with Crippen LogP contribution in [0.5, 0.6) is 0 Å². The molecule has 0 fully saturated rings. The van der Waals surface area contributed by atoms with Gasteiger partial charge >= 0.3 is 0 Å². The number of nitrogens with one attached hydrogen (secondary N) is 1. The Balaban J connectivity index is 2.07. The van der Waals surface area contributed by atoms with E-state index in [1.165, 1.54) is 29.2 Å². The lowest BCUT2D eigenvalue weighted by Crippen LogP contribution is -2.52. The highest BCUT2D eigenvalue weighted by atomic mass is 35.5. The molecule has 11 heteroatoms. The molecule has 7 nitrogen and oxygen atoms in total. The summed E-state index contributed by atoms with van der Waals surface area (Å²) in [7, 11) is -4.26. The summed E-state index contributed by atoms with van der Waals surface area (Å²) < 4.78 is 28.5. The maximum atomic E-state index is 13.9. The lowest BCUT2D eigenvalue weighted by atomic mass is 10.1. The summed E-state index contributed by atoms with van der Waals surface area (Å²) in [5.41, 5.74) is 0.643. The molecule has 3 rings (SSSR count). The van der Waals surface area contributed by atoms with Crippen LogP contribution in [0.3, 0.4) is 0 Å². The minimum atomic E-state index is -4.26. The average Bonchev–Trinajstić information content (AvgIpc) is 2.92. The first-order chi connectivity index (χ1) is 18.5. The second-order valence-electron chi connectivity index (χ2n) is 9.00. The summed E-state index contributed by atoms with van der Waals surface area (Å²) in [6.07, 6.45) is 0.702. The van der Waals surface area contributed by atoms with Gasteiger partial charge in [0.2, 0.25) is 11.8 Å². The van der Waals surface area contributed by atoms with Gasteiger partial charge < -0.3 is 10.2 Å². The van der Waals surface area contributed by atoms with Crippen LogP contribution in [0.4, 0.5) is 5.69 Å². The molecule has 2 atom stereocenters. The number of halogens is 3. The van der Waals surface area contributed by atoms with Gasteiger partial charge in [-0.15, -0.1) is 0 Å². The summed E-state index contributed by atoms with van der Waals surface area (Å²) in [4.78, 5) is 28.3. The fourth-order valence-electron chi connectivity index (χ4n) is 3.78. The maximum Gasteiger partial charge on any atom is 0.264 e. The van der Waals surface area contributed by atoms with Crippen LogP contribution >= 0.6 is 34.8 Å². The van der Waals surface area contributed by atoms with Crippen molar-refractivity contribution in [3.8, 4) is 0 Å². The largest absolute Gasteiger partial charge is 0.352 e. The fourth-order valence-corrected chi connectivity index (χ4v) is 5.87. The predicted octanol–water partition coefficient (Wildman–Crippen LogP) is 6.17. The molecule has 0 aliphatic rings. The van der Waals surface area contributed by atoms with Crippen molar-refractivity contribution in [2.45, 2.75) is 50.7 Å². The number of amides is 2. The molecule has 3 aromatic carbocycles. The SMILES string of the molecule is CC[C@@H](C)NC(=O)[C@@H](C)N(Cc1ccccc1Cl)C(=O)CN(c1cccc(Cl)c1Cl)S(=O)(=O)c1ccccc1. The van der Waals surface area contributed by atoms with E-state index in [1.54, 1.807) is 55.5 Å². The molecule has 3 aromatic rings. The van der Waals surface area contributed by atoms with Crippen molar-refractivity contribution in [2.75, 3.05) is 10.8 Å². The molecule has 0 saturated heterocycles. The Morgan fingerprint density at radius 2 is 1.49 bits per heavy atom. The van der Waals surface area contributed by atoms with Gasteiger partial charge in [-0.1, -0.05) is 84.2 Å². The molecule has 0 aliphatic carbocycles. The molecule has 0 aromatic heterocycles. The van der Waals surface area contributed by atoms with Crippen LogP contribution in [0.25, 0.3) is 0 Å². The van der Waals surface area contributed by atoms with Crippen LogP contribution in [0, 0.1) is 0 Å². The number of carbonyl (C=O) groups excluding carboxylic acids is 2. The second kappa shape index (κ2) is 13.5. The minimum Gasteiger partial charge on any atom is -0.352 e. The van der Waals surface area contributed by atoms with Gasteiger partial charge in [-0.05, 0) is 56.2 Å². The van der Waals surface area contributed by atoms with E-state index in [-0.39, 0.29) is 39.1 Å². The Morgan fingerprint density at radius 3 is 2.13 bits per heavy atom. The monoisotopic (exact) mass is 609 g/mol. The quantitative estimate of drug-likeness (QED) is 0.281. The summed E-state index contributed by atoms with van der Waals surface area (Å²) in [6, 6.07) is 18.1. The Kier molecular flexibility index (Phi) is 10.7. The summed E-state index contributed by atoms with van der Waals surface area (Å²) in [5.74, 6) is -1.000. The number of rotatable bonds is 11. The van der Waals surface area contributed by atoms with Crippen molar-refractivity contribution in [1.29, 1.82) is 0 Å². The molecule has 2 amide bonds. The number of hydrogen-bond acceptors (Lipinski definition) is 4. The third-order valence-corrected chi connectivity index (χ3v) is 9.23. The molecule has 1 N–H and O–H groups in total. The summed E-state index contributed by atoms with van der Waals surface area (Å²) in [5, 5.41) is 3.41. The number of hydrogen-bond donors (Lipinski definition) is 1. The van der Waals surface area contributed by atoms with Gasteiger partial charge in [0, 0.05) is 17.6 Å². The smallest absolute Gasteiger partial charge is 0.264 e. The molecule has 208 valence electrons. The van der Waals surface area contributed by atoms with Crippen LogP contribution < -0.4 is 9.62 Å². The van der Waals surface area contributed by atoms with Gasteiger partial charge in [-0.3, -0.25) is 13.9 Å². The third-order valence-electron chi connectivity index (χ3n) is 6.28. The van der Waals surface area contributed by atoms with Crippen molar-refractivity contribution in [2.24, 2.45) is 0 Å². The molecule has 0 heterocycles. The maximum absolute atomic E-state index is 13.9. The van der Waals surface area contributed by atoms with Crippen LogP contribution in [0.2, 0.25) is 15.1 Å². The second-order valence-corrected chi connectivity index (χ2v) is 12.1. The molecule has 0 spiro atoms. The molecule has 0 saturated carbocycles. The van der Waals surface area contributed by atoms with E-state index in [0.29, 0.717) is 17.0 Å². The van der Waals surface area contributed by atoms with E-state index < -0.39 is 28.5 Å². The van der Waals surface area contributed by atoms with Gasteiger partial charge in [0.05, 0.1) is 20.6 Å².